The zero-order chi connectivity index (χ0) is 14.0. The average Bonchev–Trinajstić information content (AvgIpc) is 2.79. The number of rotatable bonds is 3. The maximum atomic E-state index is 11.3. The van der Waals surface area contributed by atoms with Gasteiger partial charge in [-0.15, -0.1) is 0 Å². The van der Waals surface area contributed by atoms with Gasteiger partial charge in [-0.25, -0.2) is 0 Å². The molecule has 0 unspecified atom stereocenters. The van der Waals surface area contributed by atoms with Gasteiger partial charge in [-0.1, -0.05) is 0 Å². The Morgan fingerprint density at radius 2 is 2.00 bits per heavy atom. The maximum absolute atomic E-state index is 11.3. The Hall–Kier alpha value is -2.04. The summed E-state index contributed by atoms with van der Waals surface area (Å²) in [4.78, 5) is 11.3. The van der Waals surface area contributed by atoms with Gasteiger partial charge in [-0.3, -0.25) is 9.48 Å². The minimum atomic E-state index is -0.00824. The van der Waals surface area contributed by atoms with Gasteiger partial charge in [0.25, 0.3) is 0 Å². The summed E-state index contributed by atoms with van der Waals surface area (Å²) in [6.07, 6.45) is 5.69. The number of pyridine rings is 1. The summed E-state index contributed by atoms with van der Waals surface area (Å²) in [7, 11) is 1.74. The third kappa shape index (κ3) is 3.24. The van der Waals surface area contributed by atoms with Gasteiger partial charge >= 0.3 is 0 Å². The summed E-state index contributed by atoms with van der Waals surface area (Å²) in [5.74, 6) is 0. The van der Waals surface area contributed by atoms with E-state index in [1.165, 1.54) is 0 Å². The summed E-state index contributed by atoms with van der Waals surface area (Å²) in [6, 6.07) is 3.34. The van der Waals surface area contributed by atoms with Crippen LogP contribution < -0.4 is 10.9 Å². The van der Waals surface area contributed by atoms with E-state index in [1.807, 2.05) is 17.1 Å². The van der Waals surface area contributed by atoms with Gasteiger partial charge in [0.1, 0.15) is 0 Å². The number of nitrogens with zero attached hydrogens (tertiary/aromatic N) is 3. The van der Waals surface area contributed by atoms with Crippen LogP contribution in [0, 0.1) is 0 Å². The lowest BCUT2D eigenvalue weighted by atomic mass is 10.1. The van der Waals surface area contributed by atoms with Gasteiger partial charge < -0.3 is 9.88 Å². The molecule has 0 spiro atoms. The van der Waals surface area contributed by atoms with Crippen LogP contribution in [0.15, 0.2) is 35.5 Å². The van der Waals surface area contributed by atoms with E-state index in [2.05, 4.69) is 31.2 Å². The third-order valence-corrected chi connectivity index (χ3v) is 2.91. The molecule has 5 heteroatoms. The summed E-state index contributed by atoms with van der Waals surface area (Å²) in [6.45, 7) is 7.03. The SMILES string of the molecule is Cn1cc(NCc2cnn(C(C)(C)C)c2)ccc1=O. The average molecular weight is 260 g/mol. The van der Waals surface area contributed by atoms with Crippen LogP contribution in [0.5, 0.6) is 0 Å². The van der Waals surface area contributed by atoms with E-state index in [1.54, 1.807) is 29.9 Å². The normalized spacial score (nSPS) is 11.6. The number of hydrogen-bond acceptors (Lipinski definition) is 3. The van der Waals surface area contributed by atoms with Crippen molar-refractivity contribution >= 4 is 5.69 Å². The largest absolute Gasteiger partial charge is 0.380 e. The second-order valence-electron chi connectivity index (χ2n) is 5.68. The second-order valence-corrected chi connectivity index (χ2v) is 5.68. The van der Waals surface area contributed by atoms with Crippen LogP contribution in [0.25, 0.3) is 0 Å². The zero-order valence-corrected chi connectivity index (χ0v) is 11.8. The van der Waals surface area contributed by atoms with Crippen LogP contribution in [0.1, 0.15) is 26.3 Å². The lowest BCUT2D eigenvalue weighted by Gasteiger charge is -2.18. The quantitative estimate of drug-likeness (QED) is 0.917. The summed E-state index contributed by atoms with van der Waals surface area (Å²) >= 11 is 0. The Bertz CT molecular complexity index is 619. The summed E-state index contributed by atoms with van der Waals surface area (Å²) in [5, 5.41) is 7.63. The Labute approximate surface area is 112 Å². The van der Waals surface area contributed by atoms with Crippen molar-refractivity contribution in [3.63, 3.8) is 0 Å². The molecular formula is C14H20N4O. The van der Waals surface area contributed by atoms with Crippen molar-refractivity contribution in [2.45, 2.75) is 32.9 Å². The summed E-state index contributed by atoms with van der Waals surface area (Å²) in [5.41, 5.74) is 2.02. The molecule has 0 aromatic carbocycles. The van der Waals surface area contributed by atoms with E-state index in [9.17, 15) is 4.79 Å². The van der Waals surface area contributed by atoms with Gasteiger partial charge in [0.15, 0.2) is 0 Å². The second kappa shape index (κ2) is 4.91. The van der Waals surface area contributed by atoms with Crippen molar-refractivity contribution in [3.05, 3.63) is 46.6 Å². The first-order valence-electron chi connectivity index (χ1n) is 6.31. The van der Waals surface area contributed by atoms with E-state index in [4.69, 9.17) is 0 Å². The van der Waals surface area contributed by atoms with Crippen molar-refractivity contribution < 1.29 is 0 Å². The molecule has 5 nitrogen and oxygen atoms in total. The molecule has 0 fully saturated rings. The van der Waals surface area contributed by atoms with Crippen LogP contribution in [-0.2, 0) is 19.1 Å². The van der Waals surface area contributed by atoms with Gasteiger partial charge in [-0.2, -0.15) is 5.10 Å². The van der Waals surface area contributed by atoms with E-state index in [-0.39, 0.29) is 11.1 Å². The molecule has 0 aliphatic rings. The molecular weight excluding hydrogens is 240 g/mol. The van der Waals surface area contributed by atoms with Crippen LogP contribution in [-0.4, -0.2) is 14.3 Å². The summed E-state index contributed by atoms with van der Waals surface area (Å²) < 4.78 is 3.51. The Balaban J connectivity index is 2.04. The molecule has 0 aliphatic heterocycles. The Morgan fingerprint density at radius 1 is 1.26 bits per heavy atom. The van der Waals surface area contributed by atoms with E-state index in [0.717, 1.165) is 11.3 Å². The molecule has 0 bridgehead atoms. The molecule has 19 heavy (non-hydrogen) atoms. The molecule has 0 radical (unpaired) electrons. The first-order valence-corrected chi connectivity index (χ1v) is 6.31. The predicted octanol–water partition coefficient (Wildman–Crippen LogP) is 1.95. The molecule has 2 rings (SSSR count). The number of anilines is 1. The lowest BCUT2D eigenvalue weighted by molar-refractivity contribution is 0.355. The van der Waals surface area contributed by atoms with Crippen LogP contribution in [0.3, 0.4) is 0 Å². The van der Waals surface area contributed by atoms with Crippen molar-refractivity contribution in [2.75, 3.05) is 5.32 Å². The zero-order valence-electron chi connectivity index (χ0n) is 11.8. The highest BCUT2D eigenvalue weighted by Crippen LogP contribution is 2.14. The smallest absolute Gasteiger partial charge is 0.250 e. The minimum absolute atomic E-state index is 0.00506. The number of nitrogens with one attached hydrogen (secondary N) is 1. The molecule has 0 aliphatic carbocycles. The van der Waals surface area contributed by atoms with Crippen LogP contribution in [0.2, 0.25) is 0 Å². The van der Waals surface area contributed by atoms with Crippen LogP contribution in [0.4, 0.5) is 5.69 Å². The minimum Gasteiger partial charge on any atom is -0.380 e. The fourth-order valence-corrected chi connectivity index (χ4v) is 1.72. The lowest BCUT2D eigenvalue weighted by Crippen LogP contribution is -2.22. The van der Waals surface area contributed by atoms with E-state index in [0.29, 0.717) is 6.54 Å². The first kappa shape index (κ1) is 13.4. The van der Waals surface area contributed by atoms with Gasteiger partial charge in [0.05, 0.1) is 17.4 Å². The highest BCUT2D eigenvalue weighted by atomic mass is 16.1. The number of hydrogen-bond donors (Lipinski definition) is 1. The molecule has 102 valence electrons. The Kier molecular flexibility index (Phi) is 3.46. The van der Waals surface area contributed by atoms with Gasteiger partial charge in [0.2, 0.25) is 5.56 Å². The fourth-order valence-electron chi connectivity index (χ4n) is 1.72. The molecule has 2 aromatic rings. The van der Waals surface area contributed by atoms with E-state index < -0.39 is 0 Å². The number of aromatic nitrogens is 3. The molecule has 0 amide bonds. The highest BCUT2D eigenvalue weighted by molar-refractivity contribution is 5.40. The number of aryl methyl sites for hydroxylation is 1. The van der Waals surface area contributed by atoms with Gasteiger partial charge in [0, 0.05) is 37.6 Å². The molecule has 0 saturated heterocycles. The Morgan fingerprint density at radius 3 is 2.58 bits per heavy atom. The first-order chi connectivity index (χ1) is 8.86. The standard InChI is InChI=1S/C14H20N4O/c1-14(2,3)18-9-11(8-16-18)7-15-12-5-6-13(19)17(4)10-12/h5-6,8-10,15H,7H2,1-4H3. The van der Waals surface area contributed by atoms with Crippen molar-refractivity contribution in [2.24, 2.45) is 7.05 Å². The highest BCUT2D eigenvalue weighted by Gasteiger charge is 2.13. The fraction of sp³-hybridized carbons (Fsp3) is 0.429. The van der Waals surface area contributed by atoms with Crippen molar-refractivity contribution in [3.8, 4) is 0 Å². The molecule has 2 heterocycles. The van der Waals surface area contributed by atoms with Gasteiger partial charge in [-0.05, 0) is 26.8 Å². The molecule has 1 N–H and O–H groups in total. The molecule has 0 atom stereocenters. The van der Waals surface area contributed by atoms with Crippen LogP contribution >= 0.6 is 0 Å². The maximum Gasteiger partial charge on any atom is 0.250 e. The molecule has 0 saturated carbocycles. The monoisotopic (exact) mass is 260 g/mol. The third-order valence-electron chi connectivity index (χ3n) is 2.91. The van der Waals surface area contributed by atoms with Crippen molar-refractivity contribution in [1.29, 1.82) is 0 Å². The van der Waals surface area contributed by atoms with Crippen molar-refractivity contribution in [1.82, 2.24) is 14.3 Å². The topological polar surface area (TPSA) is 51.9 Å². The molecule has 2 aromatic heterocycles. The predicted molar refractivity (Wildman–Crippen MR) is 76.2 cm³/mol. The van der Waals surface area contributed by atoms with E-state index >= 15 is 0 Å².